The number of rotatable bonds is 1. The fourth-order valence-electron chi connectivity index (χ4n) is 2.13. The van der Waals surface area contributed by atoms with Crippen LogP contribution in [0.1, 0.15) is 24.7 Å². The molecule has 1 saturated heterocycles. The number of nitrogens with one attached hydrogen (secondary N) is 1. The third-order valence-electron chi connectivity index (χ3n) is 2.87. The molecule has 3 heterocycles. The summed E-state index contributed by atoms with van der Waals surface area (Å²) in [4.78, 5) is 8.59. The van der Waals surface area contributed by atoms with E-state index in [2.05, 4.69) is 31.2 Å². The van der Waals surface area contributed by atoms with Gasteiger partial charge < -0.3 is 5.32 Å². The van der Waals surface area contributed by atoms with E-state index in [0.717, 1.165) is 28.9 Å². The van der Waals surface area contributed by atoms with Crippen molar-refractivity contribution in [1.29, 1.82) is 0 Å². The zero-order valence-corrected chi connectivity index (χ0v) is 10.8. The number of hydrogen-bond donors (Lipinski definition) is 1. The Balaban J connectivity index is 2.22. The minimum Gasteiger partial charge on any atom is -0.307 e. The van der Waals surface area contributed by atoms with Crippen molar-refractivity contribution in [1.82, 2.24) is 19.7 Å². The first-order chi connectivity index (χ1) is 7.77. The Morgan fingerprint density at radius 3 is 3.19 bits per heavy atom. The summed E-state index contributed by atoms with van der Waals surface area (Å²) in [7, 11) is 0. The van der Waals surface area contributed by atoms with Crippen LogP contribution in [-0.4, -0.2) is 20.9 Å². The van der Waals surface area contributed by atoms with Gasteiger partial charge in [0, 0.05) is 12.4 Å². The van der Waals surface area contributed by atoms with Crippen LogP contribution < -0.4 is 5.32 Å². The van der Waals surface area contributed by atoms with E-state index in [1.54, 1.807) is 6.20 Å². The predicted octanol–water partition coefficient (Wildman–Crippen LogP) is 2.57. The lowest BCUT2D eigenvalue weighted by atomic mass is 10.2. The molecule has 1 fully saturated rings. The maximum Gasteiger partial charge on any atom is 0.155 e. The number of nitrogens with zero attached hydrogens (tertiary/aromatic N) is 3. The SMILES string of the molecule is Clc1nccn2c(C3CCCN3)nc(Br)c12. The monoisotopic (exact) mass is 300 g/mol. The maximum absolute atomic E-state index is 6.06. The molecule has 0 radical (unpaired) electrons. The Morgan fingerprint density at radius 2 is 2.44 bits per heavy atom. The quantitative estimate of drug-likeness (QED) is 0.880. The molecule has 0 bridgehead atoms. The highest BCUT2D eigenvalue weighted by molar-refractivity contribution is 9.10. The van der Waals surface area contributed by atoms with E-state index < -0.39 is 0 Å². The molecule has 1 unspecified atom stereocenters. The molecule has 4 nitrogen and oxygen atoms in total. The van der Waals surface area contributed by atoms with Crippen LogP contribution in [-0.2, 0) is 0 Å². The summed E-state index contributed by atoms with van der Waals surface area (Å²) >= 11 is 9.49. The second-order valence-corrected chi connectivity index (χ2v) is 4.96. The average Bonchev–Trinajstić information content (AvgIpc) is 2.86. The molecule has 0 aliphatic carbocycles. The van der Waals surface area contributed by atoms with Gasteiger partial charge in [-0.1, -0.05) is 11.6 Å². The first-order valence-corrected chi connectivity index (χ1v) is 6.36. The van der Waals surface area contributed by atoms with Crippen molar-refractivity contribution in [2.75, 3.05) is 6.54 Å². The standard InChI is InChI=1S/C10H10BrClN4/c11-8-7-9(12)14-4-5-16(7)10(15-8)6-2-1-3-13-6/h4-6,13H,1-3H2. The number of hydrogen-bond acceptors (Lipinski definition) is 3. The highest BCUT2D eigenvalue weighted by Gasteiger charge is 2.23. The van der Waals surface area contributed by atoms with Gasteiger partial charge in [-0.2, -0.15) is 0 Å². The highest BCUT2D eigenvalue weighted by Crippen LogP contribution is 2.29. The summed E-state index contributed by atoms with van der Waals surface area (Å²) in [6.07, 6.45) is 5.90. The van der Waals surface area contributed by atoms with E-state index in [4.69, 9.17) is 11.6 Å². The van der Waals surface area contributed by atoms with Crippen LogP contribution >= 0.6 is 27.5 Å². The molecular weight excluding hydrogens is 291 g/mol. The summed E-state index contributed by atoms with van der Waals surface area (Å²) in [5, 5.41) is 3.91. The molecule has 1 aliphatic heterocycles. The molecule has 0 spiro atoms. The van der Waals surface area contributed by atoms with Gasteiger partial charge in [0.15, 0.2) is 5.15 Å². The zero-order chi connectivity index (χ0) is 11.1. The molecule has 3 rings (SSSR count). The van der Waals surface area contributed by atoms with Crippen LogP contribution in [0.4, 0.5) is 0 Å². The fraction of sp³-hybridized carbons (Fsp3) is 0.400. The Kier molecular flexibility index (Phi) is 2.61. The van der Waals surface area contributed by atoms with Crippen LogP contribution in [0.5, 0.6) is 0 Å². The lowest BCUT2D eigenvalue weighted by Crippen LogP contribution is -2.15. The van der Waals surface area contributed by atoms with Crippen molar-refractivity contribution < 1.29 is 0 Å². The third kappa shape index (κ3) is 1.54. The smallest absolute Gasteiger partial charge is 0.155 e. The van der Waals surface area contributed by atoms with Crippen molar-refractivity contribution >= 4 is 33.0 Å². The topological polar surface area (TPSA) is 42.2 Å². The largest absolute Gasteiger partial charge is 0.307 e. The minimum absolute atomic E-state index is 0.317. The van der Waals surface area contributed by atoms with Gasteiger partial charge in [-0.05, 0) is 35.3 Å². The van der Waals surface area contributed by atoms with Crippen LogP contribution in [0.15, 0.2) is 17.0 Å². The van der Waals surface area contributed by atoms with Gasteiger partial charge in [0.2, 0.25) is 0 Å². The molecule has 1 N–H and O–H groups in total. The Labute approximate surface area is 106 Å². The highest BCUT2D eigenvalue weighted by atomic mass is 79.9. The van der Waals surface area contributed by atoms with Crippen LogP contribution in [0.25, 0.3) is 5.52 Å². The molecule has 1 aliphatic rings. The second kappa shape index (κ2) is 3.98. The van der Waals surface area contributed by atoms with Gasteiger partial charge in [0.05, 0.1) is 6.04 Å². The Hall–Kier alpha value is -0.650. The van der Waals surface area contributed by atoms with Gasteiger partial charge in [-0.15, -0.1) is 0 Å². The van der Waals surface area contributed by atoms with Crippen molar-refractivity contribution in [3.8, 4) is 0 Å². The summed E-state index contributed by atoms with van der Waals surface area (Å²) in [6.45, 7) is 1.05. The first kappa shape index (κ1) is 10.5. The van der Waals surface area contributed by atoms with Crippen LogP contribution in [0, 0.1) is 0 Å². The molecular formula is C10H10BrClN4. The fourth-order valence-corrected chi connectivity index (χ4v) is 3.05. The summed E-state index contributed by atoms with van der Waals surface area (Å²) in [6, 6.07) is 0.317. The third-order valence-corrected chi connectivity index (χ3v) is 3.70. The van der Waals surface area contributed by atoms with Crippen molar-refractivity contribution in [2.45, 2.75) is 18.9 Å². The number of imidazole rings is 1. The van der Waals surface area contributed by atoms with Gasteiger partial charge >= 0.3 is 0 Å². The Bertz CT molecular complexity index is 533. The average molecular weight is 302 g/mol. The number of aromatic nitrogens is 3. The van der Waals surface area contributed by atoms with E-state index in [-0.39, 0.29) is 0 Å². The number of fused-ring (bicyclic) bond motifs is 1. The molecule has 2 aromatic rings. The van der Waals surface area contributed by atoms with Crippen LogP contribution in [0.3, 0.4) is 0 Å². The zero-order valence-electron chi connectivity index (χ0n) is 8.45. The molecule has 6 heteroatoms. The molecule has 84 valence electrons. The summed E-state index contributed by atoms with van der Waals surface area (Å²) in [5.41, 5.74) is 0.841. The second-order valence-electron chi connectivity index (χ2n) is 3.85. The molecule has 16 heavy (non-hydrogen) atoms. The molecule has 0 amide bonds. The molecule has 1 atom stereocenters. The molecule has 2 aromatic heterocycles. The van der Waals surface area contributed by atoms with E-state index in [9.17, 15) is 0 Å². The van der Waals surface area contributed by atoms with Gasteiger partial charge in [-0.3, -0.25) is 4.40 Å². The lowest BCUT2D eigenvalue weighted by molar-refractivity contribution is 0.602. The molecule has 0 aromatic carbocycles. The van der Waals surface area contributed by atoms with E-state index >= 15 is 0 Å². The molecule has 0 saturated carbocycles. The van der Waals surface area contributed by atoms with E-state index in [1.807, 2.05) is 10.6 Å². The lowest BCUT2D eigenvalue weighted by Gasteiger charge is -2.08. The van der Waals surface area contributed by atoms with Crippen molar-refractivity contribution in [3.63, 3.8) is 0 Å². The predicted molar refractivity (Wildman–Crippen MR) is 65.7 cm³/mol. The number of halogens is 2. The van der Waals surface area contributed by atoms with Crippen molar-refractivity contribution in [3.05, 3.63) is 28.0 Å². The maximum atomic E-state index is 6.06. The summed E-state index contributed by atoms with van der Waals surface area (Å²) in [5.74, 6) is 1.00. The normalized spacial score (nSPS) is 20.8. The minimum atomic E-state index is 0.317. The van der Waals surface area contributed by atoms with Crippen LogP contribution in [0.2, 0.25) is 5.15 Å². The summed E-state index contributed by atoms with van der Waals surface area (Å²) < 4.78 is 2.76. The van der Waals surface area contributed by atoms with Gasteiger partial charge in [-0.25, -0.2) is 9.97 Å². The van der Waals surface area contributed by atoms with Gasteiger partial charge in [0.25, 0.3) is 0 Å². The Morgan fingerprint density at radius 1 is 1.56 bits per heavy atom. The first-order valence-electron chi connectivity index (χ1n) is 5.18. The van der Waals surface area contributed by atoms with E-state index in [0.29, 0.717) is 11.2 Å². The van der Waals surface area contributed by atoms with Crippen molar-refractivity contribution in [2.24, 2.45) is 0 Å². The van der Waals surface area contributed by atoms with Gasteiger partial charge in [0.1, 0.15) is 15.9 Å². The van der Waals surface area contributed by atoms with E-state index in [1.165, 1.54) is 6.42 Å².